The molecular formula is C15H15ClN2O3S. The molecule has 0 spiro atoms. The second kappa shape index (κ2) is 6.16. The monoisotopic (exact) mass is 338 g/mol. The van der Waals surface area contributed by atoms with Crippen LogP contribution in [-0.4, -0.2) is 28.6 Å². The summed E-state index contributed by atoms with van der Waals surface area (Å²) in [6.07, 6.45) is 1.45. The van der Waals surface area contributed by atoms with E-state index in [0.717, 1.165) is 0 Å². The molecule has 0 aliphatic carbocycles. The fraction of sp³-hybridized carbons (Fsp3) is 0.267. The standard InChI is InChI=1S/C15H15ClN2O3S/c1-15(2,8-19)7-11-12(20)17-14(22)18(13(11)21)10-5-3-9(16)4-6-10/h3-7,19H,8H2,1-2H3,(H,17,20,22)/b11-7-. The van der Waals surface area contributed by atoms with E-state index in [9.17, 15) is 14.7 Å². The van der Waals surface area contributed by atoms with Gasteiger partial charge in [0.15, 0.2) is 5.11 Å². The van der Waals surface area contributed by atoms with E-state index in [0.29, 0.717) is 10.7 Å². The fourth-order valence-corrected chi connectivity index (χ4v) is 2.33. The Morgan fingerprint density at radius 3 is 2.45 bits per heavy atom. The van der Waals surface area contributed by atoms with Crippen molar-refractivity contribution in [2.75, 3.05) is 11.5 Å². The highest BCUT2D eigenvalue weighted by molar-refractivity contribution is 7.80. The Labute approximate surface area is 138 Å². The number of thiocarbonyl (C=S) groups is 1. The Bertz CT molecular complexity index is 668. The van der Waals surface area contributed by atoms with Crippen molar-refractivity contribution in [2.45, 2.75) is 13.8 Å². The first-order valence-electron chi connectivity index (χ1n) is 6.54. The highest BCUT2D eigenvalue weighted by Gasteiger charge is 2.35. The van der Waals surface area contributed by atoms with Crippen LogP contribution in [-0.2, 0) is 9.59 Å². The first-order chi connectivity index (χ1) is 10.2. The molecule has 0 saturated carbocycles. The largest absolute Gasteiger partial charge is 0.395 e. The van der Waals surface area contributed by atoms with Gasteiger partial charge in [-0.15, -0.1) is 0 Å². The van der Waals surface area contributed by atoms with Crippen molar-refractivity contribution >= 4 is 46.4 Å². The maximum atomic E-state index is 12.6. The van der Waals surface area contributed by atoms with Crippen LogP contribution in [0.5, 0.6) is 0 Å². The molecule has 1 fully saturated rings. The molecular weight excluding hydrogens is 324 g/mol. The molecule has 116 valence electrons. The molecule has 1 aliphatic heterocycles. The van der Waals surface area contributed by atoms with Crippen LogP contribution in [0, 0.1) is 5.41 Å². The maximum absolute atomic E-state index is 12.6. The minimum Gasteiger partial charge on any atom is -0.395 e. The number of nitrogens with zero attached hydrogens (tertiary/aromatic N) is 1. The summed E-state index contributed by atoms with van der Waals surface area (Å²) in [7, 11) is 0. The minimum absolute atomic E-state index is 0.0104. The van der Waals surface area contributed by atoms with E-state index in [4.69, 9.17) is 23.8 Å². The van der Waals surface area contributed by atoms with E-state index in [1.165, 1.54) is 11.0 Å². The molecule has 0 aromatic heterocycles. The average molecular weight is 339 g/mol. The van der Waals surface area contributed by atoms with Crippen LogP contribution < -0.4 is 10.2 Å². The van der Waals surface area contributed by atoms with Gasteiger partial charge in [0.05, 0.1) is 12.3 Å². The number of rotatable bonds is 3. The number of anilines is 1. The van der Waals surface area contributed by atoms with Crippen molar-refractivity contribution < 1.29 is 14.7 Å². The lowest BCUT2D eigenvalue weighted by atomic mass is 9.90. The lowest BCUT2D eigenvalue weighted by molar-refractivity contribution is -0.122. The molecule has 22 heavy (non-hydrogen) atoms. The quantitative estimate of drug-likeness (QED) is 0.502. The predicted molar refractivity (Wildman–Crippen MR) is 88.6 cm³/mol. The number of nitrogens with one attached hydrogen (secondary N) is 1. The summed E-state index contributed by atoms with van der Waals surface area (Å²) in [6.45, 7) is 3.25. The second-order valence-corrected chi connectivity index (χ2v) is 6.40. The zero-order chi connectivity index (χ0) is 16.5. The zero-order valence-electron chi connectivity index (χ0n) is 12.1. The number of aliphatic hydroxyl groups excluding tert-OH is 1. The highest BCUT2D eigenvalue weighted by atomic mass is 35.5. The summed E-state index contributed by atoms with van der Waals surface area (Å²) in [6, 6.07) is 6.53. The number of carbonyl (C=O) groups excluding carboxylic acids is 2. The molecule has 1 aromatic rings. The SMILES string of the molecule is CC(C)(/C=C1/C(=O)NC(=S)N(c2ccc(Cl)cc2)C1=O)CO. The topological polar surface area (TPSA) is 69.6 Å². The summed E-state index contributed by atoms with van der Waals surface area (Å²) in [5, 5.41) is 12.3. The van der Waals surface area contributed by atoms with Crippen LogP contribution in [0.3, 0.4) is 0 Å². The Balaban J connectivity index is 2.44. The van der Waals surface area contributed by atoms with Crippen molar-refractivity contribution in [2.24, 2.45) is 5.41 Å². The molecule has 0 unspecified atom stereocenters. The molecule has 2 rings (SSSR count). The maximum Gasteiger partial charge on any atom is 0.269 e. The highest BCUT2D eigenvalue weighted by Crippen LogP contribution is 2.25. The van der Waals surface area contributed by atoms with Gasteiger partial charge in [0.2, 0.25) is 0 Å². The van der Waals surface area contributed by atoms with Crippen LogP contribution in [0.4, 0.5) is 5.69 Å². The van der Waals surface area contributed by atoms with Crippen LogP contribution in [0.1, 0.15) is 13.8 Å². The van der Waals surface area contributed by atoms with Gasteiger partial charge in [0, 0.05) is 10.4 Å². The summed E-state index contributed by atoms with van der Waals surface area (Å²) in [5.74, 6) is -1.10. The van der Waals surface area contributed by atoms with Crippen LogP contribution >= 0.6 is 23.8 Å². The van der Waals surface area contributed by atoms with E-state index < -0.39 is 17.2 Å². The zero-order valence-corrected chi connectivity index (χ0v) is 13.7. The molecule has 2 amide bonds. The van der Waals surface area contributed by atoms with Crippen molar-refractivity contribution in [1.82, 2.24) is 5.32 Å². The summed E-state index contributed by atoms with van der Waals surface area (Å²) < 4.78 is 0. The van der Waals surface area contributed by atoms with E-state index >= 15 is 0 Å². The van der Waals surface area contributed by atoms with Crippen molar-refractivity contribution in [1.29, 1.82) is 0 Å². The lowest BCUT2D eigenvalue weighted by Gasteiger charge is -2.30. The molecule has 1 aliphatic rings. The summed E-state index contributed by atoms with van der Waals surface area (Å²) >= 11 is 10.9. The Morgan fingerprint density at radius 1 is 1.32 bits per heavy atom. The first-order valence-corrected chi connectivity index (χ1v) is 7.33. The van der Waals surface area contributed by atoms with Gasteiger partial charge < -0.3 is 5.11 Å². The third-order valence-electron chi connectivity index (χ3n) is 3.13. The molecule has 1 heterocycles. The first kappa shape index (κ1) is 16.6. The number of aliphatic hydroxyl groups is 1. The van der Waals surface area contributed by atoms with Crippen LogP contribution in [0.2, 0.25) is 5.02 Å². The predicted octanol–water partition coefficient (Wildman–Crippen LogP) is 2.03. The van der Waals surface area contributed by atoms with E-state index in [1.54, 1.807) is 38.1 Å². The molecule has 2 N–H and O–H groups in total. The summed E-state index contributed by atoms with van der Waals surface area (Å²) in [4.78, 5) is 25.9. The molecule has 0 bridgehead atoms. The second-order valence-electron chi connectivity index (χ2n) is 5.58. The van der Waals surface area contributed by atoms with Gasteiger partial charge in [-0.3, -0.25) is 19.8 Å². The van der Waals surface area contributed by atoms with Gasteiger partial charge >= 0.3 is 0 Å². The number of carbonyl (C=O) groups is 2. The number of benzene rings is 1. The minimum atomic E-state index is -0.701. The number of halogens is 1. The Morgan fingerprint density at radius 2 is 1.91 bits per heavy atom. The molecule has 0 radical (unpaired) electrons. The van der Waals surface area contributed by atoms with Crippen LogP contribution in [0.15, 0.2) is 35.9 Å². The van der Waals surface area contributed by atoms with Gasteiger partial charge in [0.1, 0.15) is 5.57 Å². The lowest BCUT2D eigenvalue weighted by Crippen LogP contribution is -2.54. The molecule has 7 heteroatoms. The van der Waals surface area contributed by atoms with Crippen molar-refractivity contribution in [3.8, 4) is 0 Å². The van der Waals surface area contributed by atoms with Gasteiger partial charge in [-0.2, -0.15) is 0 Å². The third kappa shape index (κ3) is 3.35. The van der Waals surface area contributed by atoms with Crippen molar-refractivity contribution in [3.63, 3.8) is 0 Å². The van der Waals surface area contributed by atoms with Crippen molar-refractivity contribution in [3.05, 3.63) is 40.9 Å². The third-order valence-corrected chi connectivity index (χ3v) is 3.67. The van der Waals surface area contributed by atoms with Gasteiger partial charge in [0.25, 0.3) is 11.8 Å². The molecule has 5 nitrogen and oxygen atoms in total. The smallest absolute Gasteiger partial charge is 0.269 e. The fourth-order valence-electron chi connectivity index (χ4n) is 1.92. The molecule has 1 saturated heterocycles. The average Bonchev–Trinajstić information content (AvgIpc) is 2.45. The Kier molecular flexibility index (Phi) is 4.65. The van der Waals surface area contributed by atoms with E-state index in [-0.39, 0.29) is 17.3 Å². The van der Waals surface area contributed by atoms with Gasteiger partial charge in [-0.05, 0) is 36.5 Å². The van der Waals surface area contributed by atoms with E-state index in [2.05, 4.69) is 5.32 Å². The van der Waals surface area contributed by atoms with Gasteiger partial charge in [-0.1, -0.05) is 31.5 Å². The van der Waals surface area contributed by atoms with E-state index in [1.807, 2.05) is 0 Å². The number of amides is 2. The normalized spacial score (nSPS) is 17.9. The number of hydrogen-bond acceptors (Lipinski definition) is 4. The number of hydrogen-bond donors (Lipinski definition) is 2. The summed E-state index contributed by atoms with van der Waals surface area (Å²) in [5.41, 5.74) is -0.248. The molecule has 0 atom stereocenters. The van der Waals surface area contributed by atoms with Gasteiger partial charge in [-0.25, -0.2) is 0 Å². The molecule has 1 aromatic carbocycles. The Hall–Kier alpha value is -1.76. The van der Waals surface area contributed by atoms with Crippen LogP contribution in [0.25, 0.3) is 0 Å².